The van der Waals surface area contributed by atoms with Gasteiger partial charge in [-0.25, -0.2) is 4.39 Å². The zero-order chi connectivity index (χ0) is 31.9. The Bertz CT molecular complexity index is 1350. The van der Waals surface area contributed by atoms with Crippen LogP contribution in [0.4, 0.5) is 30.7 Å². The number of carbonyl (C=O) groups is 2. The second-order valence-electron chi connectivity index (χ2n) is 10.3. The van der Waals surface area contributed by atoms with E-state index < -0.39 is 53.2 Å². The van der Waals surface area contributed by atoms with Gasteiger partial charge in [0.05, 0.1) is 37.1 Å². The molecule has 44 heavy (non-hydrogen) atoms. The summed E-state index contributed by atoms with van der Waals surface area (Å²) in [6, 6.07) is 9.20. The van der Waals surface area contributed by atoms with Crippen LogP contribution in [0.2, 0.25) is 0 Å². The second kappa shape index (κ2) is 14.2. The van der Waals surface area contributed by atoms with Crippen LogP contribution in [-0.2, 0) is 35.0 Å². The molecule has 0 radical (unpaired) electrons. The van der Waals surface area contributed by atoms with Crippen LogP contribution in [0.25, 0.3) is 0 Å². The molecule has 0 spiro atoms. The predicted octanol–water partition coefficient (Wildman–Crippen LogP) is 5.85. The Morgan fingerprint density at radius 1 is 0.841 bits per heavy atom. The van der Waals surface area contributed by atoms with E-state index in [1.807, 2.05) is 4.90 Å². The number of hydrogen-bond donors (Lipinski definition) is 0. The van der Waals surface area contributed by atoms with Gasteiger partial charge in [0.25, 0.3) is 5.91 Å². The molecule has 2 amide bonds. The number of rotatable bonds is 11. The van der Waals surface area contributed by atoms with Gasteiger partial charge >= 0.3 is 12.4 Å². The van der Waals surface area contributed by atoms with Crippen LogP contribution >= 0.6 is 0 Å². The molecule has 14 heteroatoms. The van der Waals surface area contributed by atoms with Gasteiger partial charge in [-0.3, -0.25) is 14.5 Å². The average Bonchev–Trinajstić information content (AvgIpc) is 3.49. The minimum Gasteiger partial charge on any atom is -0.467 e. The summed E-state index contributed by atoms with van der Waals surface area (Å²) in [5, 5.41) is 0. The lowest BCUT2D eigenvalue weighted by Crippen LogP contribution is -2.44. The van der Waals surface area contributed by atoms with Gasteiger partial charge in [0.2, 0.25) is 5.91 Å². The molecular weight excluding hydrogens is 599 g/mol. The maximum Gasteiger partial charge on any atom is 0.416 e. The van der Waals surface area contributed by atoms with Crippen LogP contribution in [0, 0.1) is 5.82 Å². The van der Waals surface area contributed by atoms with Gasteiger partial charge in [0.1, 0.15) is 18.1 Å². The number of furan rings is 1. The molecule has 1 aliphatic rings. The van der Waals surface area contributed by atoms with Crippen molar-refractivity contribution in [3.05, 3.63) is 94.7 Å². The van der Waals surface area contributed by atoms with E-state index in [4.69, 9.17) is 9.15 Å². The summed E-state index contributed by atoms with van der Waals surface area (Å²) in [5.41, 5.74) is -3.57. The van der Waals surface area contributed by atoms with Crippen LogP contribution < -0.4 is 0 Å². The lowest BCUT2D eigenvalue weighted by Gasteiger charge is -2.30. The number of hydrogen-bond acceptors (Lipinski definition) is 5. The van der Waals surface area contributed by atoms with E-state index in [0.717, 1.165) is 4.90 Å². The fourth-order valence-electron chi connectivity index (χ4n) is 4.72. The van der Waals surface area contributed by atoms with Crippen molar-refractivity contribution >= 4 is 11.8 Å². The summed E-state index contributed by atoms with van der Waals surface area (Å²) in [6.45, 7) is 1.84. The number of alkyl halides is 6. The molecule has 238 valence electrons. The summed E-state index contributed by atoms with van der Waals surface area (Å²) >= 11 is 0. The lowest BCUT2D eigenvalue weighted by atomic mass is 10.0. The van der Waals surface area contributed by atoms with Crippen molar-refractivity contribution in [2.24, 2.45) is 0 Å². The van der Waals surface area contributed by atoms with E-state index >= 15 is 0 Å². The topological polar surface area (TPSA) is 66.2 Å². The fraction of sp³-hybridized carbons (Fsp3) is 0.400. The number of ether oxygens (including phenoxy) is 1. The summed E-state index contributed by atoms with van der Waals surface area (Å²) in [6.07, 6.45) is -8.62. The van der Waals surface area contributed by atoms with Gasteiger partial charge in [-0.05, 0) is 54.4 Å². The van der Waals surface area contributed by atoms with Crippen molar-refractivity contribution < 1.29 is 49.5 Å². The molecule has 0 unspecified atom stereocenters. The third-order valence-electron chi connectivity index (χ3n) is 7.02. The Hall–Kier alpha value is -3.91. The van der Waals surface area contributed by atoms with E-state index in [2.05, 4.69) is 0 Å². The molecule has 3 aromatic rings. The van der Waals surface area contributed by atoms with Crippen molar-refractivity contribution in [2.45, 2.75) is 31.9 Å². The van der Waals surface area contributed by atoms with Gasteiger partial charge in [0, 0.05) is 38.3 Å². The Morgan fingerprint density at radius 3 is 2.05 bits per heavy atom. The Kier molecular flexibility index (Phi) is 10.7. The molecule has 4 rings (SSSR count). The fourth-order valence-corrected chi connectivity index (χ4v) is 4.72. The number of benzene rings is 2. The molecule has 2 heterocycles. The van der Waals surface area contributed by atoms with E-state index in [1.54, 1.807) is 12.1 Å². The first-order valence-corrected chi connectivity index (χ1v) is 13.7. The minimum atomic E-state index is -5.15. The molecular formula is C30H30F7N3O4. The molecule has 1 fully saturated rings. The largest absolute Gasteiger partial charge is 0.467 e. The minimum absolute atomic E-state index is 0.0304. The number of halogens is 7. The molecule has 0 saturated carbocycles. The quantitative estimate of drug-likeness (QED) is 0.249. The van der Waals surface area contributed by atoms with Crippen molar-refractivity contribution in [1.29, 1.82) is 0 Å². The summed E-state index contributed by atoms with van der Waals surface area (Å²) in [4.78, 5) is 31.5. The number of amides is 2. The predicted molar refractivity (Wildman–Crippen MR) is 144 cm³/mol. The molecule has 0 atom stereocenters. The van der Waals surface area contributed by atoms with Crippen molar-refractivity contribution in [2.75, 3.05) is 45.9 Å². The first-order valence-electron chi connectivity index (χ1n) is 13.7. The highest BCUT2D eigenvalue weighted by molar-refractivity contribution is 5.97. The summed E-state index contributed by atoms with van der Waals surface area (Å²) in [5.74, 6) is -1.91. The van der Waals surface area contributed by atoms with Gasteiger partial charge < -0.3 is 19.0 Å². The third-order valence-corrected chi connectivity index (χ3v) is 7.02. The first-order chi connectivity index (χ1) is 20.8. The SMILES string of the molecule is O=C(CN(CCCN1CCOCC1)C(=O)c1cc(C(F)(F)F)cc(C(F)(F)F)c1)N(Cc1ccc(F)cc1)Cc1ccco1. The van der Waals surface area contributed by atoms with E-state index in [-0.39, 0.29) is 25.7 Å². The molecule has 1 aromatic heterocycles. The van der Waals surface area contributed by atoms with Gasteiger partial charge in [-0.15, -0.1) is 0 Å². The normalized spacial score (nSPS) is 14.4. The van der Waals surface area contributed by atoms with Crippen molar-refractivity contribution in [3.63, 3.8) is 0 Å². The number of nitrogens with zero attached hydrogens (tertiary/aromatic N) is 3. The van der Waals surface area contributed by atoms with E-state index in [9.17, 15) is 40.3 Å². The molecule has 7 nitrogen and oxygen atoms in total. The van der Waals surface area contributed by atoms with Crippen molar-refractivity contribution in [1.82, 2.24) is 14.7 Å². The van der Waals surface area contributed by atoms with Crippen LogP contribution in [-0.4, -0.2) is 72.5 Å². The van der Waals surface area contributed by atoms with Gasteiger partial charge in [0.15, 0.2) is 0 Å². The smallest absolute Gasteiger partial charge is 0.416 e. The maximum absolute atomic E-state index is 13.6. The first kappa shape index (κ1) is 33.0. The highest BCUT2D eigenvalue weighted by Crippen LogP contribution is 2.36. The summed E-state index contributed by atoms with van der Waals surface area (Å²) in [7, 11) is 0. The highest BCUT2D eigenvalue weighted by atomic mass is 19.4. The van der Waals surface area contributed by atoms with Gasteiger partial charge in [-0.2, -0.15) is 26.3 Å². The zero-order valence-corrected chi connectivity index (χ0v) is 23.5. The van der Waals surface area contributed by atoms with E-state index in [1.165, 1.54) is 35.4 Å². The lowest BCUT2D eigenvalue weighted by molar-refractivity contribution is -0.143. The maximum atomic E-state index is 13.6. The van der Waals surface area contributed by atoms with E-state index in [0.29, 0.717) is 62.7 Å². The Morgan fingerprint density at radius 2 is 1.48 bits per heavy atom. The van der Waals surface area contributed by atoms with Crippen LogP contribution in [0.3, 0.4) is 0 Å². The Labute approximate surface area is 248 Å². The molecule has 1 saturated heterocycles. The highest BCUT2D eigenvalue weighted by Gasteiger charge is 2.38. The monoisotopic (exact) mass is 629 g/mol. The third kappa shape index (κ3) is 9.29. The average molecular weight is 630 g/mol. The molecule has 0 aliphatic carbocycles. The van der Waals surface area contributed by atoms with Crippen molar-refractivity contribution in [3.8, 4) is 0 Å². The molecule has 0 N–H and O–H groups in total. The van der Waals surface area contributed by atoms with Crippen LogP contribution in [0.15, 0.2) is 65.3 Å². The molecule has 0 bridgehead atoms. The molecule has 1 aliphatic heterocycles. The van der Waals surface area contributed by atoms with Gasteiger partial charge in [-0.1, -0.05) is 12.1 Å². The summed E-state index contributed by atoms with van der Waals surface area (Å²) < 4.78 is 105. The Balaban J connectivity index is 1.62. The zero-order valence-electron chi connectivity index (χ0n) is 23.5. The standard InChI is InChI=1S/C30H30F7N3O4/c31-25-6-4-21(5-7-25)18-40(19-26-3-1-12-44-26)27(41)20-39(9-2-8-38-10-13-43-14-11-38)28(42)22-15-23(29(32,33)34)17-24(16-22)30(35,36)37/h1,3-7,12,15-17H,2,8-11,13-14,18-20H2. The second-order valence-corrected chi connectivity index (χ2v) is 10.3. The molecule has 2 aromatic carbocycles. The number of morpholine rings is 1. The number of carbonyl (C=O) groups excluding carboxylic acids is 2. The van der Waals surface area contributed by atoms with Crippen LogP contribution in [0.5, 0.6) is 0 Å². The van der Waals surface area contributed by atoms with Crippen LogP contribution in [0.1, 0.15) is 39.2 Å².